The maximum absolute atomic E-state index is 5.05. The van der Waals surface area contributed by atoms with Gasteiger partial charge >= 0.3 is 0 Å². The van der Waals surface area contributed by atoms with Gasteiger partial charge in [0.05, 0.1) is 5.52 Å². The zero-order chi connectivity index (χ0) is 36.3. The first-order valence-corrected chi connectivity index (χ1v) is 19.1. The number of rotatable bonds is 3. The Morgan fingerprint density at radius 1 is 0.352 bits per heavy atom. The minimum atomic E-state index is -0.177. The maximum atomic E-state index is 5.05. The maximum Gasteiger partial charge on any atom is 0.0708 e. The average molecular weight is 690 g/mol. The SMILES string of the molecule is CC1(C)c2ccccc2-c2ccc(-c3ccc4c(c3)C(C)(C)c3cc(-c5c6ccccc6c(-c6ccccc6)c6c5cnc5ccccc56)ccc3-4)cc21. The summed E-state index contributed by atoms with van der Waals surface area (Å²) in [4.78, 5) is 5.05. The highest BCUT2D eigenvalue weighted by atomic mass is 14.7. The fourth-order valence-electron chi connectivity index (χ4n) is 9.97. The third-order valence-electron chi connectivity index (χ3n) is 12.7. The summed E-state index contributed by atoms with van der Waals surface area (Å²) in [6, 6.07) is 58.7. The minimum absolute atomic E-state index is 0.0278. The molecule has 0 radical (unpaired) electrons. The van der Waals surface area contributed by atoms with Crippen molar-refractivity contribution in [2.75, 3.05) is 0 Å². The van der Waals surface area contributed by atoms with Crippen LogP contribution < -0.4 is 0 Å². The highest BCUT2D eigenvalue weighted by molar-refractivity contribution is 6.27. The molecule has 54 heavy (non-hydrogen) atoms. The van der Waals surface area contributed by atoms with Crippen molar-refractivity contribution in [2.24, 2.45) is 0 Å². The second kappa shape index (κ2) is 11.1. The Morgan fingerprint density at radius 2 is 0.833 bits per heavy atom. The summed E-state index contributed by atoms with van der Waals surface area (Å²) in [5, 5.41) is 6.13. The van der Waals surface area contributed by atoms with Crippen molar-refractivity contribution < 1.29 is 0 Å². The van der Waals surface area contributed by atoms with E-state index in [1.807, 2.05) is 0 Å². The van der Waals surface area contributed by atoms with E-state index in [0.29, 0.717) is 0 Å². The average Bonchev–Trinajstić information content (AvgIpc) is 3.58. The lowest BCUT2D eigenvalue weighted by atomic mass is 9.79. The summed E-state index contributed by atoms with van der Waals surface area (Å²) in [5.74, 6) is 0. The van der Waals surface area contributed by atoms with Crippen molar-refractivity contribution in [3.63, 3.8) is 0 Å². The van der Waals surface area contributed by atoms with Crippen LogP contribution >= 0.6 is 0 Å². The molecule has 11 rings (SSSR count). The van der Waals surface area contributed by atoms with Gasteiger partial charge in [0.1, 0.15) is 0 Å². The smallest absolute Gasteiger partial charge is 0.0708 e. The van der Waals surface area contributed by atoms with Crippen LogP contribution in [0.1, 0.15) is 49.9 Å². The lowest BCUT2D eigenvalue weighted by molar-refractivity contribution is 0.659. The van der Waals surface area contributed by atoms with E-state index in [1.165, 1.54) is 105 Å². The highest BCUT2D eigenvalue weighted by Crippen LogP contribution is 2.54. The molecule has 0 spiro atoms. The van der Waals surface area contributed by atoms with Gasteiger partial charge in [0, 0.05) is 33.2 Å². The van der Waals surface area contributed by atoms with Crippen molar-refractivity contribution >= 4 is 32.4 Å². The molecular weight excluding hydrogens is 651 g/mol. The summed E-state index contributed by atoms with van der Waals surface area (Å²) in [6.07, 6.45) is 2.11. The van der Waals surface area contributed by atoms with Gasteiger partial charge in [-0.3, -0.25) is 4.98 Å². The number of aromatic nitrogens is 1. The molecule has 0 amide bonds. The van der Waals surface area contributed by atoms with Gasteiger partial charge in [-0.1, -0.05) is 161 Å². The molecule has 1 aromatic heterocycles. The molecule has 0 N–H and O–H groups in total. The molecule has 0 atom stereocenters. The monoisotopic (exact) mass is 689 g/mol. The largest absolute Gasteiger partial charge is 0.256 e. The number of fused-ring (bicyclic) bond motifs is 10. The highest BCUT2D eigenvalue weighted by Gasteiger charge is 2.38. The molecule has 1 heterocycles. The van der Waals surface area contributed by atoms with E-state index in [9.17, 15) is 0 Å². The van der Waals surface area contributed by atoms with Crippen molar-refractivity contribution in [1.29, 1.82) is 0 Å². The Balaban J connectivity index is 1.08. The van der Waals surface area contributed by atoms with Gasteiger partial charge in [0.15, 0.2) is 0 Å². The molecule has 0 saturated heterocycles. The number of para-hydroxylation sites is 1. The minimum Gasteiger partial charge on any atom is -0.256 e. The van der Waals surface area contributed by atoms with Crippen LogP contribution in [0.15, 0.2) is 164 Å². The van der Waals surface area contributed by atoms with E-state index in [0.717, 1.165) is 5.52 Å². The second-order valence-electron chi connectivity index (χ2n) is 16.3. The van der Waals surface area contributed by atoms with E-state index in [-0.39, 0.29) is 10.8 Å². The molecule has 0 fully saturated rings. The Morgan fingerprint density at radius 3 is 1.50 bits per heavy atom. The second-order valence-corrected chi connectivity index (χ2v) is 16.3. The molecule has 256 valence electrons. The fraction of sp³-hybridized carbons (Fsp3) is 0.113. The van der Waals surface area contributed by atoms with Crippen LogP contribution in [-0.2, 0) is 10.8 Å². The van der Waals surface area contributed by atoms with E-state index in [4.69, 9.17) is 4.98 Å². The van der Waals surface area contributed by atoms with Crippen LogP contribution in [-0.4, -0.2) is 4.98 Å². The third kappa shape index (κ3) is 4.24. The molecule has 0 unspecified atom stereocenters. The van der Waals surface area contributed by atoms with Crippen molar-refractivity contribution in [3.8, 4) is 55.6 Å². The number of pyridine rings is 1. The van der Waals surface area contributed by atoms with E-state index in [2.05, 4.69) is 192 Å². The fourth-order valence-corrected chi connectivity index (χ4v) is 9.97. The molecule has 2 aliphatic rings. The molecule has 2 aliphatic carbocycles. The zero-order valence-electron chi connectivity index (χ0n) is 31.0. The summed E-state index contributed by atoms with van der Waals surface area (Å²) >= 11 is 0. The van der Waals surface area contributed by atoms with Crippen molar-refractivity contribution in [1.82, 2.24) is 4.98 Å². The van der Waals surface area contributed by atoms with Crippen LogP contribution in [0, 0.1) is 0 Å². The first-order valence-electron chi connectivity index (χ1n) is 19.1. The lowest BCUT2D eigenvalue weighted by Crippen LogP contribution is -2.15. The van der Waals surface area contributed by atoms with Crippen LogP contribution in [0.2, 0.25) is 0 Å². The Hall–Kier alpha value is -6.31. The molecular formula is C53H39N. The predicted octanol–water partition coefficient (Wildman–Crippen LogP) is 14.2. The van der Waals surface area contributed by atoms with Gasteiger partial charge < -0.3 is 0 Å². The molecule has 0 saturated carbocycles. The van der Waals surface area contributed by atoms with Gasteiger partial charge in [0.25, 0.3) is 0 Å². The van der Waals surface area contributed by atoms with Gasteiger partial charge in [-0.05, 0) is 113 Å². The number of benzene rings is 8. The lowest BCUT2D eigenvalue weighted by Gasteiger charge is -2.24. The van der Waals surface area contributed by atoms with E-state index >= 15 is 0 Å². The molecule has 1 heteroatoms. The van der Waals surface area contributed by atoms with Crippen molar-refractivity contribution in [3.05, 3.63) is 186 Å². The predicted molar refractivity (Wildman–Crippen MR) is 228 cm³/mol. The van der Waals surface area contributed by atoms with Crippen LogP contribution in [0.5, 0.6) is 0 Å². The van der Waals surface area contributed by atoms with Gasteiger partial charge in [-0.15, -0.1) is 0 Å². The number of hydrogen-bond donors (Lipinski definition) is 0. The summed E-state index contributed by atoms with van der Waals surface area (Å²) in [7, 11) is 0. The van der Waals surface area contributed by atoms with Gasteiger partial charge in [-0.2, -0.15) is 0 Å². The van der Waals surface area contributed by atoms with Crippen LogP contribution in [0.25, 0.3) is 88.1 Å². The Labute approximate surface area is 316 Å². The summed E-state index contributed by atoms with van der Waals surface area (Å²) < 4.78 is 0. The number of hydrogen-bond acceptors (Lipinski definition) is 1. The first-order chi connectivity index (χ1) is 26.3. The third-order valence-corrected chi connectivity index (χ3v) is 12.7. The topological polar surface area (TPSA) is 12.9 Å². The first kappa shape index (κ1) is 31.2. The van der Waals surface area contributed by atoms with E-state index in [1.54, 1.807) is 0 Å². The molecule has 9 aromatic rings. The summed E-state index contributed by atoms with van der Waals surface area (Å²) in [6.45, 7) is 9.53. The van der Waals surface area contributed by atoms with E-state index < -0.39 is 0 Å². The Kier molecular flexibility index (Phi) is 6.42. The van der Waals surface area contributed by atoms with Crippen LogP contribution in [0.3, 0.4) is 0 Å². The molecule has 8 aromatic carbocycles. The zero-order valence-corrected chi connectivity index (χ0v) is 31.0. The molecule has 1 nitrogen and oxygen atoms in total. The Bertz CT molecular complexity index is 3040. The number of nitrogens with zero attached hydrogens (tertiary/aromatic N) is 1. The molecule has 0 aliphatic heterocycles. The van der Waals surface area contributed by atoms with Crippen molar-refractivity contribution in [2.45, 2.75) is 38.5 Å². The normalized spacial score (nSPS) is 14.6. The quantitative estimate of drug-likeness (QED) is 0.133. The van der Waals surface area contributed by atoms with Crippen LogP contribution in [0.4, 0.5) is 0 Å². The standard InChI is InChI=1S/C53H39N/c1-52(2)44-20-12-10-16-36(44)37-25-22-33(28-45(37)52)34-23-26-38-39-27-24-35(30-47(39)53(3,4)46(38)29-34)49-40-17-8-9-18-41(40)50(32-14-6-5-7-15-32)51-42-19-11-13-21-48(42)54-31-43(49)51/h5-31H,1-4H3. The van der Waals surface area contributed by atoms with Gasteiger partial charge in [-0.25, -0.2) is 0 Å². The molecule has 0 bridgehead atoms. The summed E-state index contributed by atoms with van der Waals surface area (Å²) in [5.41, 5.74) is 19.3. The van der Waals surface area contributed by atoms with Gasteiger partial charge in [0.2, 0.25) is 0 Å².